The molecule has 0 aliphatic carbocycles. The summed E-state index contributed by atoms with van der Waals surface area (Å²) in [5.41, 5.74) is 0.314. The molecule has 0 aromatic carbocycles. The molecule has 0 aliphatic rings. The summed E-state index contributed by atoms with van der Waals surface area (Å²) in [5, 5.41) is 17.2. The van der Waals surface area contributed by atoms with Crippen LogP contribution < -0.4 is 0 Å². The summed E-state index contributed by atoms with van der Waals surface area (Å²) in [6, 6.07) is 0. The first-order valence-corrected chi connectivity index (χ1v) is 4.64. The van der Waals surface area contributed by atoms with E-state index >= 15 is 0 Å². The van der Waals surface area contributed by atoms with Gasteiger partial charge in [-0.1, -0.05) is 19.9 Å². The van der Waals surface area contributed by atoms with Gasteiger partial charge in [0.25, 0.3) is 0 Å². The summed E-state index contributed by atoms with van der Waals surface area (Å²) in [4.78, 5) is 21.0. The Morgan fingerprint density at radius 1 is 1.36 bits per heavy atom. The van der Waals surface area contributed by atoms with Crippen molar-refractivity contribution in [2.45, 2.75) is 33.1 Å². The van der Waals surface area contributed by atoms with Crippen molar-refractivity contribution < 1.29 is 19.8 Å². The molecule has 0 aromatic heterocycles. The van der Waals surface area contributed by atoms with Gasteiger partial charge in [0.05, 0.1) is 0 Å². The minimum absolute atomic E-state index is 0.0206. The molecule has 0 rings (SSSR count). The molecule has 14 heavy (non-hydrogen) atoms. The minimum atomic E-state index is -0.954. The number of carbonyl (C=O) groups is 2. The van der Waals surface area contributed by atoms with Crippen LogP contribution in [-0.4, -0.2) is 22.2 Å². The van der Waals surface area contributed by atoms with Crippen LogP contribution in [0.25, 0.3) is 0 Å². The maximum absolute atomic E-state index is 10.8. The molecule has 0 bridgehead atoms. The van der Waals surface area contributed by atoms with Crippen LogP contribution in [-0.2, 0) is 9.59 Å². The van der Waals surface area contributed by atoms with Crippen molar-refractivity contribution >= 4 is 11.9 Å². The fraction of sp³-hybridized carbons (Fsp3) is 0.600. The second kappa shape index (κ2) is 6.18. The molecule has 0 saturated carbocycles. The smallest absolute Gasteiger partial charge is 0.331 e. The number of rotatable bonds is 6. The lowest BCUT2D eigenvalue weighted by atomic mass is 9.97. The quantitative estimate of drug-likeness (QED) is 0.642. The first-order chi connectivity index (χ1) is 6.49. The highest BCUT2D eigenvalue weighted by molar-refractivity contribution is 5.87. The summed E-state index contributed by atoms with van der Waals surface area (Å²) in [6.45, 7) is 3.72. The molecule has 0 saturated heterocycles. The highest BCUT2D eigenvalue weighted by Gasteiger charge is 2.13. The van der Waals surface area contributed by atoms with E-state index in [1.54, 1.807) is 0 Å². The van der Waals surface area contributed by atoms with E-state index in [0.29, 0.717) is 5.57 Å². The topological polar surface area (TPSA) is 74.6 Å². The molecule has 80 valence electrons. The molecule has 1 unspecified atom stereocenters. The molecular weight excluding hydrogens is 184 g/mol. The number of aliphatic carboxylic acids is 2. The number of hydrogen-bond donors (Lipinski definition) is 2. The van der Waals surface area contributed by atoms with Crippen LogP contribution in [0.3, 0.4) is 0 Å². The van der Waals surface area contributed by atoms with Crippen LogP contribution >= 0.6 is 0 Å². The molecule has 4 heteroatoms. The predicted molar refractivity (Wildman–Crippen MR) is 52.0 cm³/mol. The van der Waals surface area contributed by atoms with Crippen LogP contribution in [0.2, 0.25) is 0 Å². The molecule has 0 aromatic rings. The second-order valence-corrected chi connectivity index (χ2v) is 3.21. The summed E-state index contributed by atoms with van der Waals surface area (Å²) in [6.07, 6.45) is 2.50. The Hall–Kier alpha value is -1.32. The molecule has 2 N–H and O–H groups in total. The molecule has 4 nitrogen and oxygen atoms in total. The molecule has 0 spiro atoms. The van der Waals surface area contributed by atoms with E-state index < -0.39 is 11.9 Å². The van der Waals surface area contributed by atoms with E-state index in [4.69, 9.17) is 10.2 Å². The van der Waals surface area contributed by atoms with Crippen molar-refractivity contribution in [2.24, 2.45) is 5.92 Å². The lowest BCUT2D eigenvalue weighted by molar-refractivity contribution is -0.137. The van der Waals surface area contributed by atoms with E-state index in [-0.39, 0.29) is 18.8 Å². The molecular formula is C10H16O4. The van der Waals surface area contributed by atoms with Gasteiger partial charge in [-0.15, -0.1) is 0 Å². The fourth-order valence-corrected chi connectivity index (χ4v) is 1.07. The zero-order valence-electron chi connectivity index (χ0n) is 8.49. The average molecular weight is 200 g/mol. The van der Waals surface area contributed by atoms with Gasteiger partial charge in [-0.05, 0) is 18.8 Å². The van der Waals surface area contributed by atoms with Gasteiger partial charge in [-0.2, -0.15) is 0 Å². The van der Waals surface area contributed by atoms with Crippen molar-refractivity contribution in [3.8, 4) is 0 Å². The third-order valence-corrected chi connectivity index (χ3v) is 2.11. The van der Waals surface area contributed by atoms with Gasteiger partial charge >= 0.3 is 11.9 Å². The maximum Gasteiger partial charge on any atom is 0.331 e. The Balaban J connectivity index is 4.34. The van der Waals surface area contributed by atoms with Crippen LogP contribution in [0, 0.1) is 5.92 Å². The van der Waals surface area contributed by atoms with Crippen molar-refractivity contribution in [3.63, 3.8) is 0 Å². The SMILES string of the molecule is CCC(C)/C(=C\CCC(=O)O)C(=O)O. The van der Waals surface area contributed by atoms with Crippen molar-refractivity contribution in [1.82, 2.24) is 0 Å². The zero-order valence-corrected chi connectivity index (χ0v) is 8.49. The monoisotopic (exact) mass is 200 g/mol. The third-order valence-electron chi connectivity index (χ3n) is 2.11. The maximum atomic E-state index is 10.8. The second-order valence-electron chi connectivity index (χ2n) is 3.21. The van der Waals surface area contributed by atoms with Gasteiger partial charge in [-0.25, -0.2) is 4.79 Å². The summed E-state index contributed by atoms with van der Waals surface area (Å²) in [7, 11) is 0. The summed E-state index contributed by atoms with van der Waals surface area (Å²) < 4.78 is 0. The summed E-state index contributed by atoms with van der Waals surface area (Å²) in [5.74, 6) is -1.89. The van der Waals surface area contributed by atoms with Crippen molar-refractivity contribution in [1.29, 1.82) is 0 Å². The van der Waals surface area contributed by atoms with E-state index in [1.807, 2.05) is 13.8 Å². The average Bonchev–Trinajstić information content (AvgIpc) is 2.10. The Kier molecular flexibility index (Phi) is 5.60. The number of hydrogen-bond acceptors (Lipinski definition) is 2. The molecule has 0 amide bonds. The first-order valence-electron chi connectivity index (χ1n) is 4.64. The Bertz CT molecular complexity index is 243. The standard InChI is InChI=1S/C10H16O4/c1-3-7(2)8(10(13)14)5-4-6-9(11)12/h5,7H,3-4,6H2,1-2H3,(H,11,12)(H,13,14)/b8-5+. The van der Waals surface area contributed by atoms with Gasteiger partial charge in [0.1, 0.15) is 0 Å². The van der Waals surface area contributed by atoms with E-state index in [0.717, 1.165) is 6.42 Å². The van der Waals surface area contributed by atoms with E-state index in [1.165, 1.54) is 6.08 Å². The van der Waals surface area contributed by atoms with Crippen LogP contribution in [0.4, 0.5) is 0 Å². The highest BCUT2D eigenvalue weighted by Crippen LogP contribution is 2.15. The van der Waals surface area contributed by atoms with Crippen molar-refractivity contribution in [2.75, 3.05) is 0 Å². The van der Waals surface area contributed by atoms with E-state index in [9.17, 15) is 9.59 Å². The molecule has 0 fully saturated rings. The van der Waals surface area contributed by atoms with Gasteiger partial charge in [0.2, 0.25) is 0 Å². The molecule has 0 radical (unpaired) electrons. The molecule has 1 atom stereocenters. The Labute approximate surface area is 83.2 Å². The summed E-state index contributed by atoms with van der Waals surface area (Å²) >= 11 is 0. The molecule has 0 aliphatic heterocycles. The van der Waals surface area contributed by atoms with Crippen molar-refractivity contribution in [3.05, 3.63) is 11.6 Å². The first kappa shape index (κ1) is 12.7. The van der Waals surface area contributed by atoms with Crippen LogP contribution in [0.5, 0.6) is 0 Å². The lowest BCUT2D eigenvalue weighted by Crippen LogP contribution is -2.09. The number of carboxylic acid groups (broad SMARTS) is 2. The van der Waals surface area contributed by atoms with Gasteiger partial charge in [0, 0.05) is 12.0 Å². The van der Waals surface area contributed by atoms with Gasteiger partial charge < -0.3 is 10.2 Å². The van der Waals surface area contributed by atoms with Crippen LogP contribution in [0.1, 0.15) is 33.1 Å². The number of allylic oxidation sites excluding steroid dienone is 1. The normalized spacial score (nSPS) is 13.7. The Morgan fingerprint density at radius 3 is 2.29 bits per heavy atom. The zero-order chi connectivity index (χ0) is 11.1. The largest absolute Gasteiger partial charge is 0.481 e. The van der Waals surface area contributed by atoms with Gasteiger partial charge in [0.15, 0.2) is 0 Å². The lowest BCUT2D eigenvalue weighted by Gasteiger charge is -2.08. The predicted octanol–water partition coefficient (Wildman–Crippen LogP) is 1.91. The minimum Gasteiger partial charge on any atom is -0.481 e. The Morgan fingerprint density at radius 2 is 1.93 bits per heavy atom. The third kappa shape index (κ3) is 4.64. The van der Waals surface area contributed by atoms with E-state index in [2.05, 4.69) is 0 Å². The fourth-order valence-electron chi connectivity index (χ4n) is 1.07. The molecule has 0 heterocycles. The number of carboxylic acids is 2. The highest BCUT2D eigenvalue weighted by atomic mass is 16.4. The van der Waals surface area contributed by atoms with Gasteiger partial charge in [-0.3, -0.25) is 4.79 Å². The van der Waals surface area contributed by atoms with Crippen LogP contribution in [0.15, 0.2) is 11.6 Å².